The first-order valence-corrected chi connectivity index (χ1v) is 10.7. The van der Waals surface area contributed by atoms with E-state index in [4.69, 9.17) is 15.7 Å². The lowest BCUT2D eigenvalue weighted by Gasteiger charge is -2.49. The largest absolute Gasteiger partial charge is 0.479 e. The fourth-order valence-corrected chi connectivity index (χ4v) is 5.34. The molecule has 4 atom stereocenters. The number of nitrogens with one attached hydrogen (secondary N) is 2. The summed E-state index contributed by atoms with van der Waals surface area (Å²) < 4.78 is 0. The number of carbonyl (C=O) groups is 4. The predicted octanol–water partition coefficient (Wildman–Crippen LogP) is -1.68. The Morgan fingerprint density at radius 3 is 2.70 bits per heavy atom. The van der Waals surface area contributed by atoms with E-state index in [2.05, 4.69) is 22.4 Å². The number of carboxylic acid groups (broad SMARTS) is 2. The minimum atomic E-state index is -1.27. The Labute approximate surface area is 178 Å². The van der Waals surface area contributed by atoms with Gasteiger partial charge in [-0.2, -0.15) is 0 Å². The molecule has 2 amide bonds. The highest BCUT2D eigenvalue weighted by Gasteiger charge is 2.54. The summed E-state index contributed by atoms with van der Waals surface area (Å²) in [5, 5.41) is 26.6. The van der Waals surface area contributed by atoms with Crippen molar-refractivity contribution < 1.29 is 34.2 Å². The maximum Gasteiger partial charge on any atom is 0.352 e. The summed E-state index contributed by atoms with van der Waals surface area (Å²) in [4.78, 5) is 53.4. The van der Waals surface area contributed by atoms with Crippen LogP contribution in [0.4, 0.5) is 0 Å². The van der Waals surface area contributed by atoms with Crippen LogP contribution in [0.3, 0.4) is 0 Å². The number of fused-ring (bicyclic) bond motifs is 1. The number of rotatable bonds is 8. The molecule has 0 aromatic carbocycles. The first-order chi connectivity index (χ1) is 14.2. The molecule has 6 N–H and O–H groups in total. The van der Waals surface area contributed by atoms with Gasteiger partial charge in [0, 0.05) is 11.5 Å². The predicted molar refractivity (Wildman–Crippen MR) is 108 cm³/mol. The zero-order chi connectivity index (χ0) is 22.0. The maximum atomic E-state index is 12.8. The van der Waals surface area contributed by atoms with Crippen LogP contribution in [0.5, 0.6) is 0 Å². The van der Waals surface area contributed by atoms with E-state index in [1.165, 1.54) is 29.6 Å². The third kappa shape index (κ3) is 4.30. The molecule has 162 valence electrons. The smallest absolute Gasteiger partial charge is 0.352 e. The topological polar surface area (TPSA) is 184 Å². The van der Waals surface area contributed by atoms with Crippen molar-refractivity contribution in [1.82, 2.24) is 15.5 Å². The van der Waals surface area contributed by atoms with Crippen molar-refractivity contribution in [2.45, 2.75) is 23.0 Å². The number of thioether (sulfide) groups is 2. The monoisotopic (exact) mass is 457 g/mol. The van der Waals surface area contributed by atoms with E-state index in [1.807, 2.05) is 0 Å². The van der Waals surface area contributed by atoms with Crippen molar-refractivity contribution in [3.8, 4) is 0 Å². The van der Waals surface area contributed by atoms with Crippen LogP contribution < -0.4 is 16.4 Å². The molecule has 3 aliphatic rings. The van der Waals surface area contributed by atoms with Gasteiger partial charge in [0.05, 0.1) is 6.04 Å². The standard InChI is InChI=1S/C16H19N5O7S2/c1-2-6-4-29-14-10(13(25)21(14)11(6)15(26)27)19-12(24)9(20-28-3-8(22)23)7-5-30-16(17)18-7/h2,7,10,14,16,18H,1,3-5,17H2,(H,19,24)(H,22,23)(H,26,27)/b20-9-/t7?,10-,14+,16?/m1/s1. The molecule has 2 fully saturated rings. The average molecular weight is 457 g/mol. The van der Waals surface area contributed by atoms with Crippen LogP contribution in [0.25, 0.3) is 0 Å². The molecule has 14 heteroatoms. The van der Waals surface area contributed by atoms with Crippen LogP contribution in [0, 0.1) is 0 Å². The number of amides is 2. The fraction of sp³-hybridized carbons (Fsp3) is 0.438. The minimum Gasteiger partial charge on any atom is -0.479 e. The van der Waals surface area contributed by atoms with E-state index in [-0.39, 0.29) is 11.4 Å². The second kappa shape index (κ2) is 9.07. The van der Waals surface area contributed by atoms with Gasteiger partial charge in [0.2, 0.25) is 6.61 Å². The lowest BCUT2D eigenvalue weighted by Crippen LogP contribution is -2.71. The fourth-order valence-electron chi connectivity index (χ4n) is 3.09. The highest BCUT2D eigenvalue weighted by Crippen LogP contribution is 2.40. The molecule has 0 aromatic rings. The highest BCUT2D eigenvalue weighted by molar-refractivity contribution is 8.00. The SMILES string of the molecule is C=CC1=C(C(=O)O)N2C(=O)[C@@H](NC(=O)/C(=N\OCC(=O)O)C3CSC(N)N3)[C@@H]2SC1. The van der Waals surface area contributed by atoms with Gasteiger partial charge in [0.1, 0.15) is 22.6 Å². The third-order valence-electron chi connectivity index (χ3n) is 4.45. The zero-order valence-electron chi connectivity index (χ0n) is 15.4. The van der Waals surface area contributed by atoms with Gasteiger partial charge in [0.25, 0.3) is 11.8 Å². The van der Waals surface area contributed by atoms with Gasteiger partial charge in [-0.15, -0.1) is 23.5 Å². The van der Waals surface area contributed by atoms with E-state index in [1.54, 1.807) is 0 Å². The molecule has 0 radical (unpaired) electrons. The van der Waals surface area contributed by atoms with Crippen molar-refractivity contribution in [2.24, 2.45) is 10.9 Å². The number of oxime groups is 1. The number of hydrogen-bond donors (Lipinski definition) is 5. The quantitative estimate of drug-likeness (QED) is 0.159. The van der Waals surface area contributed by atoms with Crippen molar-refractivity contribution >= 4 is 53.0 Å². The highest BCUT2D eigenvalue weighted by atomic mass is 32.2. The molecule has 12 nitrogen and oxygen atoms in total. The molecule has 0 aliphatic carbocycles. The van der Waals surface area contributed by atoms with E-state index >= 15 is 0 Å². The molecule has 3 heterocycles. The maximum absolute atomic E-state index is 12.8. The lowest BCUT2D eigenvalue weighted by molar-refractivity contribution is -0.150. The van der Waals surface area contributed by atoms with E-state index < -0.39 is 53.3 Å². The second-order valence-corrected chi connectivity index (χ2v) is 8.64. The molecule has 30 heavy (non-hydrogen) atoms. The number of carboxylic acids is 2. The summed E-state index contributed by atoms with van der Waals surface area (Å²) in [7, 11) is 0. The summed E-state index contributed by atoms with van der Waals surface area (Å²) in [5.41, 5.74) is 5.44. The van der Waals surface area contributed by atoms with Gasteiger partial charge in [-0.3, -0.25) is 19.8 Å². The number of allylic oxidation sites excluding steroid dienone is 1. The Morgan fingerprint density at radius 2 is 2.13 bits per heavy atom. The number of β-lactam (4-membered cyclic amide) rings is 1. The van der Waals surface area contributed by atoms with E-state index in [9.17, 15) is 24.3 Å². The van der Waals surface area contributed by atoms with Crippen molar-refractivity contribution in [2.75, 3.05) is 18.1 Å². The van der Waals surface area contributed by atoms with Crippen LogP contribution >= 0.6 is 23.5 Å². The van der Waals surface area contributed by atoms with E-state index in [0.717, 1.165) is 4.90 Å². The van der Waals surface area contributed by atoms with Crippen molar-refractivity contribution in [3.63, 3.8) is 0 Å². The molecule has 0 saturated carbocycles. The van der Waals surface area contributed by atoms with Crippen molar-refractivity contribution in [1.29, 1.82) is 0 Å². The minimum absolute atomic E-state index is 0.149. The first kappa shape index (κ1) is 22.1. The first-order valence-electron chi connectivity index (χ1n) is 8.64. The van der Waals surface area contributed by atoms with Gasteiger partial charge in [-0.05, 0) is 5.57 Å². The Morgan fingerprint density at radius 1 is 1.40 bits per heavy atom. The normalized spacial score (nSPS) is 28.5. The number of nitrogens with two attached hydrogens (primary N) is 1. The molecular weight excluding hydrogens is 438 g/mol. The molecule has 0 spiro atoms. The lowest BCUT2D eigenvalue weighted by atomic mass is 10.0. The molecule has 3 rings (SSSR count). The Balaban J connectivity index is 1.74. The zero-order valence-corrected chi connectivity index (χ0v) is 17.1. The van der Waals surface area contributed by atoms with Gasteiger partial charge in [-0.25, -0.2) is 9.59 Å². The van der Waals surface area contributed by atoms with Crippen LogP contribution in [0.15, 0.2) is 29.1 Å². The summed E-state index contributed by atoms with van der Waals surface area (Å²) in [5.74, 6) is -3.11. The summed E-state index contributed by atoms with van der Waals surface area (Å²) in [6, 6.07) is -1.57. The van der Waals surface area contributed by atoms with E-state index in [0.29, 0.717) is 17.1 Å². The van der Waals surface area contributed by atoms with Crippen LogP contribution in [-0.4, -0.2) is 85.6 Å². The summed E-state index contributed by atoms with van der Waals surface area (Å²) in [6.07, 6.45) is 1.39. The van der Waals surface area contributed by atoms with Crippen LogP contribution in [-0.2, 0) is 24.0 Å². The van der Waals surface area contributed by atoms with Gasteiger partial charge < -0.3 is 26.1 Å². The summed E-state index contributed by atoms with van der Waals surface area (Å²) >= 11 is 2.62. The molecule has 2 saturated heterocycles. The second-order valence-electron chi connectivity index (χ2n) is 6.36. The van der Waals surface area contributed by atoms with Crippen molar-refractivity contribution in [3.05, 3.63) is 23.9 Å². The number of nitrogens with zero attached hydrogens (tertiary/aromatic N) is 2. The Kier molecular flexibility index (Phi) is 6.70. The van der Waals surface area contributed by atoms with Gasteiger partial charge in [-0.1, -0.05) is 17.8 Å². The Hall–Kier alpha value is -2.55. The molecular formula is C16H19N5O7S2. The average Bonchev–Trinajstić information content (AvgIpc) is 3.13. The van der Waals surface area contributed by atoms with Gasteiger partial charge in [0.15, 0.2) is 5.71 Å². The molecule has 3 aliphatic heterocycles. The molecule has 0 aromatic heterocycles. The molecule has 0 bridgehead atoms. The van der Waals surface area contributed by atoms with Crippen LogP contribution in [0.2, 0.25) is 0 Å². The van der Waals surface area contributed by atoms with Crippen LogP contribution in [0.1, 0.15) is 0 Å². The third-order valence-corrected chi connectivity index (χ3v) is 6.78. The summed E-state index contributed by atoms with van der Waals surface area (Å²) in [6.45, 7) is 2.83. The van der Waals surface area contributed by atoms with Gasteiger partial charge >= 0.3 is 11.9 Å². The molecule has 2 unspecified atom stereocenters. The number of aliphatic carboxylic acids is 2. The number of hydrogen-bond acceptors (Lipinski definition) is 10. The number of carbonyl (C=O) groups excluding carboxylic acids is 2. The Bertz CT molecular complexity index is 861.